The molecule has 106 valence electrons. The van der Waals surface area contributed by atoms with Gasteiger partial charge in [0, 0.05) is 10.9 Å². The molecule has 0 saturated heterocycles. The van der Waals surface area contributed by atoms with Crippen LogP contribution in [0, 0.1) is 0 Å². The monoisotopic (exact) mass is 306 g/mol. The van der Waals surface area contributed by atoms with Crippen molar-refractivity contribution in [1.82, 2.24) is 0 Å². The molecule has 0 aromatic heterocycles. The molecule has 0 aliphatic carbocycles. The summed E-state index contributed by atoms with van der Waals surface area (Å²) in [7, 11) is 0. The maximum Gasteiger partial charge on any atom is 0.344 e. The molecule has 1 aliphatic rings. The third-order valence-electron chi connectivity index (χ3n) is 3.79. The van der Waals surface area contributed by atoms with Gasteiger partial charge in [0.25, 0.3) is 0 Å². The zero-order valence-corrected chi connectivity index (χ0v) is 12.3. The molecule has 0 atom stereocenters. The Hall–Kier alpha value is -2.58. The lowest BCUT2D eigenvalue weighted by Gasteiger charge is -2.05. The SMILES string of the molecule is O=C1O/C(=C/c2ccc3ccccc3c2Cl)c2ccccc21. The van der Waals surface area contributed by atoms with Crippen molar-refractivity contribution in [3.8, 4) is 0 Å². The van der Waals surface area contributed by atoms with Gasteiger partial charge in [0.05, 0.1) is 10.6 Å². The van der Waals surface area contributed by atoms with Crippen LogP contribution in [0.25, 0.3) is 22.6 Å². The van der Waals surface area contributed by atoms with Crippen molar-refractivity contribution in [2.75, 3.05) is 0 Å². The second kappa shape index (κ2) is 5.00. The molecule has 4 rings (SSSR count). The molecule has 3 aromatic rings. The third kappa shape index (κ3) is 2.00. The van der Waals surface area contributed by atoms with E-state index in [1.807, 2.05) is 60.7 Å². The quantitative estimate of drug-likeness (QED) is 0.580. The smallest absolute Gasteiger partial charge is 0.344 e. The molecule has 1 aliphatic heterocycles. The first-order valence-electron chi connectivity index (χ1n) is 6.94. The minimum atomic E-state index is -0.321. The highest BCUT2D eigenvalue weighted by Gasteiger charge is 2.25. The van der Waals surface area contributed by atoms with E-state index in [0.29, 0.717) is 16.3 Å². The van der Waals surface area contributed by atoms with Crippen molar-refractivity contribution in [2.45, 2.75) is 0 Å². The third-order valence-corrected chi connectivity index (χ3v) is 4.22. The van der Waals surface area contributed by atoms with Crippen LogP contribution in [0.2, 0.25) is 5.02 Å². The summed E-state index contributed by atoms with van der Waals surface area (Å²) >= 11 is 6.50. The number of carbonyl (C=O) groups excluding carboxylic acids is 1. The fraction of sp³-hybridized carbons (Fsp3) is 0. The topological polar surface area (TPSA) is 26.3 Å². The van der Waals surface area contributed by atoms with Crippen LogP contribution in [-0.4, -0.2) is 5.97 Å². The summed E-state index contributed by atoms with van der Waals surface area (Å²) in [5, 5.41) is 2.72. The fourth-order valence-corrected chi connectivity index (χ4v) is 2.99. The molecular formula is C19H11ClO2. The van der Waals surface area contributed by atoms with E-state index in [4.69, 9.17) is 16.3 Å². The van der Waals surface area contributed by atoms with Crippen molar-refractivity contribution in [2.24, 2.45) is 0 Å². The Balaban J connectivity index is 1.88. The molecule has 0 unspecified atom stereocenters. The van der Waals surface area contributed by atoms with Crippen LogP contribution in [0.5, 0.6) is 0 Å². The number of fused-ring (bicyclic) bond motifs is 2. The lowest BCUT2D eigenvalue weighted by atomic mass is 10.0. The first-order chi connectivity index (χ1) is 10.7. The van der Waals surface area contributed by atoms with Crippen molar-refractivity contribution < 1.29 is 9.53 Å². The highest BCUT2D eigenvalue weighted by molar-refractivity contribution is 6.37. The number of esters is 1. The number of hydrogen-bond donors (Lipinski definition) is 0. The van der Waals surface area contributed by atoms with Crippen LogP contribution in [-0.2, 0) is 4.74 Å². The Morgan fingerprint density at radius 3 is 2.45 bits per heavy atom. The fourth-order valence-electron chi connectivity index (χ4n) is 2.70. The van der Waals surface area contributed by atoms with Crippen LogP contribution in [0.15, 0.2) is 60.7 Å². The van der Waals surface area contributed by atoms with Crippen molar-refractivity contribution in [3.63, 3.8) is 0 Å². The Morgan fingerprint density at radius 2 is 1.59 bits per heavy atom. The molecule has 2 nitrogen and oxygen atoms in total. The molecule has 0 bridgehead atoms. The first-order valence-corrected chi connectivity index (χ1v) is 7.32. The lowest BCUT2D eigenvalue weighted by molar-refractivity contribution is 0.0717. The predicted molar refractivity (Wildman–Crippen MR) is 88.7 cm³/mol. The van der Waals surface area contributed by atoms with Crippen LogP contribution in [0.1, 0.15) is 21.5 Å². The standard InChI is InChI=1S/C19H11ClO2/c20-18-13(10-9-12-5-1-2-6-14(12)18)11-17-15-7-3-4-8-16(15)19(21)22-17/h1-11H/b17-11+. The molecule has 0 amide bonds. The van der Waals surface area contributed by atoms with E-state index in [1.54, 1.807) is 6.07 Å². The van der Waals surface area contributed by atoms with Gasteiger partial charge in [0.2, 0.25) is 0 Å². The van der Waals surface area contributed by atoms with Crippen LogP contribution in [0.4, 0.5) is 0 Å². The van der Waals surface area contributed by atoms with Crippen molar-refractivity contribution in [1.29, 1.82) is 0 Å². The summed E-state index contributed by atoms with van der Waals surface area (Å²) in [4.78, 5) is 11.9. The maximum absolute atomic E-state index is 11.9. The summed E-state index contributed by atoms with van der Waals surface area (Å²) < 4.78 is 5.37. The van der Waals surface area contributed by atoms with Gasteiger partial charge in [-0.3, -0.25) is 0 Å². The molecule has 0 radical (unpaired) electrons. The average Bonchev–Trinajstić information content (AvgIpc) is 2.87. The largest absolute Gasteiger partial charge is 0.422 e. The molecule has 0 spiro atoms. The summed E-state index contributed by atoms with van der Waals surface area (Å²) in [6, 6.07) is 19.2. The molecule has 22 heavy (non-hydrogen) atoms. The highest BCUT2D eigenvalue weighted by Crippen LogP contribution is 2.34. The second-order valence-electron chi connectivity index (χ2n) is 5.13. The number of hydrogen-bond acceptors (Lipinski definition) is 2. The molecule has 3 aromatic carbocycles. The summed E-state index contributed by atoms with van der Waals surface area (Å²) in [5.41, 5.74) is 2.22. The van der Waals surface area contributed by atoms with Gasteiger partial charge < -0.3 is 4.74 Å². The maximum atomic E-state index is 11.9. The van der Waals surface area contributed by atoms with E-state index in [-0.39, 0.29) is 5.97 Å². The zero-order chi connectivity index (χ0) is 15.1. The number of halogens is 1. The van der Waals surface area contributed by atoms with Crippen molar-refractivity contribution in [3.05, 3.63) is 82.4 Å². The number of carbonyl (C=O) groups is 1. The highest BCUT2D eigenvalue weighted by atomic mass is 35.5. The predicted octanol–water partition coefficient (Wildman–Crippen LogP) is 5.16. The Kier molecular flexibility index (Phi) is 2.98. The van der Waals surface area contributed by atoms with Crippen molar-refractivity contribution >= 4 is 40.2 Å². The molecular weight excluding hydrogens is 296 g/mol. The van der Waals surface area contributed by atoms with E-state index in [0.717, 1.165) is 21.9 Å². The average molecular weight is 307 g/mol. The van der Waals surface area contributed by atoms with Crippen LogP contribution < -0.4 is 0 Å². The van der Waals surface area contributed by atoms with E-state index >= 15 is 0 Å². The molecule has 0 N–H and O–H groups in total. The molecule has 0 fully saturated rings. The van der Waals surface area contributed by atoms with Gasteiger partial charge in [0.15, 0.2) is 0 Å². The minimum Gasteiger partial charge on any atom is -0.422 e. The van der Waals surface area contributed by atoms with Gasteiger partial charge in [0.1, 0.15) is 5.76 Å². The summed E-state index contributed by atoms with van der Waals surface area (Å²) in [6.07, 6.45) is 1.82. The van der Waals surface area contributed by atoms with E-state index in [9.17, 15) is 4.79 Å². The van der Waals surface area contributed by atoms with Gasteiger partial charge in [-0.2, -0.15) is 0 Å². The van der Waals surface area contributed by atoms with E-state index < -0.39 is 0 Å². The summed E-state index contributed by atoms with van der Waals surface area (Å²) in [6.45, 7) is 0. The molecule has 1 heterocycles. The van der Waals surface area contributed by atoms with Gasteiger partial charge in [-0.25, -0.2) is 4.79 Å². The molecule has 0 saturated carbocycles. The van der Waals surface area contributed by atoms with Gasteiger partial charge in [-0.15, -0.1) is 0 Å². The van der Waals surface area contributed by atoms with Crippen LogP contribution >= 0.6 is 11.6 Å². The first kappa shape index (κ1) is 13.1. The van der Waals surface area contributed by atoms with E-state index in [2.05, 4.69) is 0 Å². The Bertz CT molecular complexity index is 941. The zero-order valence-electron chi connectivity index (χ0n) is 11.5. The number of ether oxygens (including phenoxy) is 1. The number of cyclic esters (lactones) is 1. The number of benzene rings is 3. The van der Waals surface area contributed by atoms with Gasteiger partial charge >= 0.3 is 5.97 Å². The normalized spacial score (nSPS) is 15.1. The Labute approximate surface area is 132 Å². The van der Waals surface area contributed by atoms with Crippen LogP contribution in [0.3, 0.4) is 0 Å². The number of rotatable bonds is 1. The minimum absolute atomic E-state index is 0.321. The second-order valence-corrected chi connectivity index (χ2v) is 5.51. The summed E-state index contributed by atoms with van der Waals surface area (Å²) in [5.74, 6) is 0.219. The molecule has 3 heteroatoms. The Morgan fingerprint density at radius 1 is 0.864 bits per heavy atom. The lowest BCUT2D eigenvalue weighted by Crippen LogP contribution is -1.92. The van der Waals surface area contributed by atoms with Gasteiger partial charge in [-0.1, -0.05) is 66.2 Å². The van der Waals surface area contributed by atoms with E-state index in [1.165, 1.54) is 0 Å². The van der Waals surface area contributed by atoms with Gasteiger partial charge in [-0.05, 0) is 23.1 Å².